The summed E-state index contributed by atoms with van der Waals surface area (Å²) in [5, 5.41) is 7.69. The van der Waals surface area contributed by atoms with Gasteiger partial charge in [0, 0.05) is 24.5 Å². The molecule has 0 aromatic carbocycles. The molecule has 0 fully saturated rings. The molecule has 0 saturated heterocycles. The van der Waals surface area contributed by atoms with E-state index in [1.165, 1.54) is 0 Å². The lowest BCUT2D eigenvalue weighted by molar-refractivity contribution is 0.634. The van der Waals surface area contributed by atoms with Crippen LogP contribution in [0.5, 0.6) is 0 Å². The number of unbranched alkanes of at least 4 members (excludes halogenated alkanes) is 2. The Morgan fingerprint density at radius 2 is 2.07 bits per heavy atom. The van der Waals surface area contributed by atoms with Gasteiger partial charge in [0.15, 0.2) is 0 Å². The third-order valence-corrected chi connectivity index (χ3v) is 4.82. The van der Waals surface area contributed by atoms with Crippen LogP contribution < -0.4 is 21.5 Å². The summed E-state index contributed by atoms with van der Waals surface area (Å²) < 4.78 is 1.82. The van der Waals surface area contributed by atoms with Gasteiger partial charge in [-0.05, 0) is 18.6 Å². The molecule has 146 valence electrons. The summed E-state index contributed by atoms with van der Waals surface area (Å²) >= 11 is 0. The molecule has 9 heteroatoms. The number of rotatable bonds is 7. The van der Waals surface area contributed by atoms with E-state index < -0.39 is 11.2 Å². The molecule has 4 rings (SSSR count). The van der Waals surface area contributed by atoms with Crippen molar-refractivity contribution in [2.45, 2.75) is 38.9 Å². The van der Waals surface area contributed by atoms with Crippen molar-refractivity contribution in [1.29, 1.82) is 0 Å². The number of fused-ring (bicyclic) bond motifs is 1. The Hall–Kier alpha value is -3.36. The lowest BCUT2D eigenvalue weighted by Gasteiger charge is -2.25. The molecule has 0 amide bonds. The van der Waals surface area contributed by atoms with Gasteiger partial charge < -0.3 is 10.2 Å². The highest BCUT2D eigenvalue weighted by Gasteiger charge is 2.33. The molecule has 0 spiro atoms. The largest absolute Gasteiger partial charge is 0.354 e. The van der Waals surface area contributed by atoms with Crippen molar-refractivity contribution in [2.75, 3.05) is 16.8 Å². The Morgan fingerprint density at radius 3 is 2.86 bits per heavy atom. The van der Waals surface area contributed by atoms with E-state index in [9.17, 15) is 9.59 Å². The molecule has 1 unspecified atom stereocenters. The number of H-pyrrole nitrogens is 2. The van der Waals surface area contributed by atoms with Crippen LogP contribution in [-0.4, -0.2) is 31.3 Å². The lowest BCUT2D eigenvalue weighted by atomic mass is 10.2. The van der Waals surface area contributed by atoms with Crippen molar-refractivity contribution in [3.63, 3.8) is 0 Å². The molecule has 0 bridgehead atoms. The maximum atomic E-state index is 12.2. The van der Waals surface area contributed by atoms with Gasteiger partial charge in [-0.1, -0.05) is 25.8 Å². The number of aromatic nitrogens is 5. The van der Waals surface area contributed by atoms with Crippen LogP contribution in [0.1, 0.15) is 43.6 Å². The Balaban J connectivity index is 1.61. The predicted molar refractivity (Wildman–Crippen MR) is 106 cm³/mol. The van der Waals surface area contributed by atoms with Crippen LogP contribution in [0.3, 0.4) is 0 Å². The maximum Gasteiger partial charge on any atom is 0.327 e. The first-order chi connectivity index (χ1) is 13.7. The predicted octanol–water partition coefficient (Wildman–Crippen LogP) is 1.82. The quantitative estimate of drug-likeness (QED) is 0.538. The molecule has 9 nitrogen and oxygen atoms in total. The molecule has 28 heavy (non-hydrogen) atoms. The summed E-state index contributed by atoms with van der Waals surface area (Å²) in [6.45, 7) is 3.43. The van der Waals surface area contributed by atoms with E-state index in [0.717, 1.165) is 37.1 Å². The second kappa shape index (κ2) is 7.71. The average molecular weight is 381 g/mol. The lowest BCUT2D eigenvalue weighted by Crippen LogP contribution is -2.30. The van der Waals surface area contributed by atoms with E-state index in [1.807, 2.05) is 34.0 Å². The number of hydrogen-bond acceptors (Lipinski definition) is 6. The van der Waals surface area contributed by atoms with E-state index in [-0.39, 0.29) is 6.17 Å². The summed E-state index contributed by atoms with van der Waals surface area (Å²) in [5.74, 6) is 0.535. The molecular weight excluding hydrogens is 358 g/mol. The van der Waals surface area contributed by atoms with Gasteiger partial charge >= 0.3 is 5.69 Å². The number of pyridine rings is 1. The van der Waals surface area contributed by atoms with Crippen molar-refractivity contribution in [1.82, 2.24) is 24.7 Å². The van der Waals surface area contributed by atoms with Crippen LogP contribution in [-0.2, 0) is 6.54 Å². The smallest absolute Gasteiger partial charge is 0.327 e. The summed E-state index contributed by atoms with van der Waals surface area (Å²) in [5.41, 5.74) is 1.31. The van der Waals surface area contributed by atoms with Gasteiger partial charge in [0.1, 0.15) is 17.7 Å². The SMILES string of the molecule is CCCCCN1c2[nH]c(=O)[nH]c(=O)c2NC1c1cnn(Cc2ccccn2)c1. The van der Waals surface area contributed by atoms with E-state index in [0.29, 0.717) is 18.1 Å². The minimum absolute atomic E-state index is 0.261. The molecular formula is C19H23N7O2. The van der Waals surface area contributed by atoms with Crippen LogP contribution in [0, 0.1) is 0 Å². The van der Waals surface area contributed by atoms with Crippen molar-refractivity contribution in [2.24, 2.45) is 0 Å². The zero-order chi connectivity index (χ0) is 19.5. The monoisotopic (exact) mass is 381 g/mol. The normalized spacial score (nSPS) is 15.5. The molecule has 0 saturated carbocycles. The van der Waals surface area contributed by atoms with Crippen molar-refractivity contribution in [3.05, 3.63) is 68.9 Å². The highest BCUT2D eigenvalue weighted by Crippen LogP contribution is 2.36. The highest BCUT2D eigenvalue weighted by atomic mass is 16.2. The summed E-state index contributed by atoms with van der Waals surface area (Å²) in [7, 11) is 0. The second-order valence-electron chi connectivity index (χ2n) is 6.87. The molecule has 0 aliphatic carbocycles. The minimum atomic E-state index is -0.502. The van der Waals surface area contributed by atoms with Crippen molar-refractivity contribution >= 4 is 11.5 Å². The minimum Gasteiger partial charge on any atom is -0.354 e. The van der Waals surface area contributed by atoms with Crippen molar-refractivity contribution in [3.8, 4) is 0 Å². The molecule has 3 aromatic heterocycles. The average Bonchev–Trinajstić information content (AvgIpc) is 3.28. The molecule has 1 aliphatic rings. The van der Waals surface area contributed by atoms with Gasteiger partial charge in [-0.2, -0.15) is 5.10 Å². The van der Waals surface area contributed by atoms with Crippen LogP contribution in [0.2, 0.25) is 0 Å². The van der Waals surface area contributed by atoms with Gasteiger partial charge in [0.2, 0.25) is 0 Å². The Kier molecular flexibility index (Phi) is 4.96. The second-order valence-corrected chi connectivity index (χ2v) is 6.87. The van der Waals surface area contributed by atoms with E-state index >= 15 is 0 Å². The van der Waals surface area contributed by atoms with Gasteiger partial charge in [0.25, 0.3) is 5.56 Å². The Bertz CT molecular complexity index is 1050. The topological polar surface area (TPSA) is 112 Å². The zero-order valence-corrected chi connectivity index (χ0v) is 15.7. The first-order valence-electron chi connectivity index (χ1n) is 9.47. The first-order valence-corrected chi connectivity index (χ1v) is 9.47. The van der Waals surface area contributed by atoms with Crippen LogP contribution >= 0.6 is 0 Å². The number of nitrogens with one attached hydrogen (secondary N) is 3. The number of aromatic amines is 2. The standard InChI is InChI=1S/C19H23N7O2/c1-2-3-6-9-26-16(22-15-17(26)23-19(28)24-18(15)27)13-10-21-25(11-13)12-14-7-4-5-8-20-14/h4-5,7-8,10-11,16,22H,2-3,6,9,12H2,1H3,(H2,23,24,27,28). The van der Waals surface area contributed by atoms with Gasteiger partial charge in [-0.3, -0.25) is 24.4 Å². The first kappa shape index (κ1) is 18.0. The van der Waals surface area contributed by atoms with Gasteiger partial charge in [-0.25, -0.2) is 4.79 Å². The third kappa shape index (κ3) is 3.55. The third-order valence-electron chi connectivity index (χ3n) is 4.82. The van der Waals surface area contributed by atoms with Crippen molar-refractivity contribution < 1.29 is 0 Å². The van der Waals surface area contributed by atoms with E-state index in [2.05, 4.69) is 32.3 Å². The number of nitrogens with zero attached hydrogens (tertiary/aromatic N) is 4. The fraction of sp³-hybridized carbons (Fsp3) is 0.368. The maximum absolute atomic E-state index is 12.2. The van der Waals surface area contributed by atoms with E-state index in [4.69, 9.17) is 0 Å². The Morgan fingerprint density at radius 1 is 1.18 bits per heavy atom. The molecule has 1 atom stereocenters. The van der Waals surface area contributed by atoms with Crippen LogP contribution in [0.4, 0.5) is 11.5 Å². The molecule has 4 heterocycles. The van der Waals surface area contributed by atoms with Crippen LogP contribution in [0.15, 0.2) is 46.4 Å². The fourth-order valence-electron chi connectivity index (χ4n) is 3.47. The Labute approximate surface area is 161 Å². The molecule has 3 aromatic rings. The summed E-state index contributed by atoms with van der Waals surface area (Å²) in [4.78, 5) is 35.4. The molecule has 3 N–H and O–H groups in total. The van der Waals surface area contributed by atoms with Crippen LogP contribution in [0.25, 0.3) is 0 Å². The zero-order valence-electron chi connectivity index (χ0n) is 15.7. The van der Waals surface area contributed by atoms with Gasteiger partial charge in [-0.15, -0.1) is 0 Å². The molecule has 1 aliphatic heterocycles. The molecule has 0 radical (unpaired) electrons. The van der Waals surface area contributed by atoms with Gasteiger partial charge in [0.05, 0.1) is 18.4 Å². The highest BCUT2D eigenvalue weighted by molar-refractivity contribution is 5.71. The van der Waals surface area contributed by atoms with E-state index in [1.54, 1.807) is 12.4 Å². The summed E-state index contributed by atoms with van der Waals surface area (Å²) in [6.07, 6.45) is 8.35. The number of anilines is 2. The number of hydrogen-bond donors (Lipinski definition) is 3. The fourth-order valence-corrected chi connectivity index (χ4v) is 3.47. The summed E-state index contributed by atoms with van der Waals surface area (Å²) in [6, 6.07) is 5.77.